The number of allylic oxidation sites excluding steroid dienone is 2. The van der Waals surface area contributed by atoms with Crippen molar-refractivity contribution in [2.24, 2.45) is 50.7 Å². The zero-order chi connectivity index (χ0) is 25.8. The molecule has 0 heterocycles. The first-order valence-electron chi connectivity index (χ1n) is 14.6. The lowest BCUT2D eigenvalue weighted by Crippen LogP contribution is -2.61. The molecule has 0 radical (unpaired) electrons. The molecule has 0 aliphatic heterocycles. The molecule has 3 heteroatoms. The third kappa shape index (κ3) is 3.14. The van der Waals surface area contributed by atoms with E-state index in [4.69, 9.17) is 4.74 Å². The van der Waals surface area contributed by atoms with Crippen molar-refractivity contribution >= 4 is 11.8 Å². The molecule has 0 aromatic heterocycles. The number of hydrogen-bond acceptors (Lipinski definition) is 3. The van der Waals surface area contributed by atoms with E-state index in [2.05, 4.69) is 55.4 Å². The predicted octanol–water partition coefficient (Wildman–Crippen LogP) is 7.92. The molecule has 3 fully saturated rings. The number of rotatable bonds is 2. The van der Waals surface area contributed by atoms with E-state index in [1.165, 1.54) is 43.8 Å². The Balaban J connectivity index is 1.57. The maximum atomic E-state index is 14.2. The molecule has 5 aliphatic rings. The fraction of sp³-hybridized carbons (Fsp3) is 0.875. The first-order chi connectivity index (χ1) is 16.1. The number of Topliss-reactive ketones (excluding diaryl/α,β-unsaturated/α-hetero) is 1. The molecule has 3 nitrogen and oxygen atoms in total. The van der Waals surface area contributed by atoms with Crippen molar-refractivity contribution in [2.45, 2.75) is 126 Å². The number of fused-ring (bicyclic) bond motifs is 6. The second-order valence-electron chi connectivity index (χ2n) is 15.1. The molecular formula is C32H50O3. The summed E-state index contributed by atoms with van der Waals surface area (Å²) in [6, 6.07) is 0. The SMILES string of the molecule is CC(=O)O[C@H]1CC[C@]2(C)C3=C(C(=O)C[C@H]2C1(C)C)[C@@]1(C)CC[C@]2(C)[C@@H](C(C)C)CC[C@H]2[C@]1(C)CC3. The summed E-state index contributed by atoms with van der Waals surface area (Å²) in [5.41, 5.74) is 3.18. The Labute approximate surface area is 214 Å². The second-order valence-corrected chi connectivity index (χ2v) is 15.1. The van der Waals surface area contributed by atoms with Gasteiger partial charge < -0.3 is 4.74 Å². The minimum atomic E-state index is -0.199. The van der Waals surface area contributed by atoms with Crippen LogP contribution in [-0.4, -0.2) is 17.9 Å². The quantitative estimate of drug-likeness (QED) is 0.375. The van der Waals surface area contributed by atoms with Crippen LogP contribution in [0.25, 0.3) is 0 Å². The second kappa shape index (κ2) is 7.70. The van der Waals surface area contributed by atoms with Crippen molar-refractivity contribution in [3.63, 3.8) is 0 Å². The van der Waals surface area contributed by atoms with E-state index in [1.807, 2.05) is 0 Å². The van der Waals surface area contributed by atoms with Gasteiger partial charge in [0, 0.05) is 29.7 Å². The van der Waals surface area contributed by atoms with Crippen LogP contribution in [0.15, 0.2) is 11.1 Å². The number of ether oxygens (including phenoxy) is 1. The van der Waals surface area contributed by atoms with Gasteiger partial charge in [-0.25, -0.2) is 0 Å². The minimum absolute atomic E-state index is 0.0153. The van der Waals surface area contributed by atoms with Gasteiger partial charge in [0.1, 0.15) is 6.10 Å². The molecule has 8 atom stereocenters. The van der Waals surface area contributed by atoms with Crippen molar-refractivity contribution in [1.82, 2.24) is 0 Å². The predicted molar refractivity (Wildman–Crippen MR) is 141 cm³/mol. The van der Waals surface area contributed by atoms with Gasteiger partial charge in [-0.05, 0) is 91.3 Å². The average Bonchev–Trinajstić information content (AvgIpc) is 3.11. The maximum absolute atomic E-state index is 14.2. The lowest BCUT2D eigenvalue weighted by atomic mass is 9.37. The molecule has 5 aliphatic carbocycles. The molecule has 0 amide bonds. The minimum Gasteiger partial charge on any atom is -0.462 e. The summed E-state index contributed by atoms with van der Waals surface area (Å²) in [5, 5.41) is 0. The van der Waals surface area contributed by atoms with Crippen LogP contribution in [0.3, 0.4) is 0 Å². The van der Waals surface area contributed by atoms with Crippen molar-refractivity contribution in [2.75, 3.05) is 0 Å². The Morgan fingerprint density at radius 1 is 0.914 bits per heavy atom. The number of carbonyl (C=O) groups is 2. The average molecular weight is 483 g/mol. The van der Waals surface area contributed by atoms with Gasteiger partial charge in [-0.3, -0.25) is 9.59 Å². The Morgan fingerprint density at radius 3 is 2.23 bits per heavy atom. The van der Waals surface area contributed by atoms with Gasteiger partial charge in [-0.15, -0.1) is 0 Å². The molecule has 196 valence electrons. The van der Waals surface area contributed by atoms with Crippen LogP contribution in [0, 0.1) is 50.7 Å². The van der Waals surface area contributed by atoms with Crippen molar-refractivity contribution in [3.8, 4) is 0 Å². The standard InChI is InChI=1S/C32H50O3/c1-19(2)21-10-11-24-30(21,7)16-17-32(9)27-22(12-15-31(24,32)8)29(6)14-13-26(35-20(3)33)28(4,5)25(29)18-23(27)34/h19,21,24-26H,10-18H2,1-9H3/t21-,24-,25+,26+,29-,30-,31+,32-/m1/s1. The van der Waals surface area contributed by atoms with E-state index >= 15 is 0 Å². The van der Waals surface area contributed by atoms with Gasteiger partial charge >= 0.3 is 5.97 Å². The van der Waals surface area contributed by atoms with Gasteiger partial charge in [0.15, 0.2) is 5.78 Å². The number of esters is 1. The molecule has 0 aromatic rings. The first kappa shape index (κ1) is 25.5. The van der Waals surface area contributed by atoms with Gasteiger partial charge in [0.2, 0.25) is 0 Å². The number of ketones is 1. The summed E-state index contributed by atoms with van der Waals surface area (Å²) >= 11 is 0. The molecule has 0 N–H and O–H groups in total. The summed E-state index contributed by atoms with van der Waals surface area (Å²) < 4.78 is 5.81. The number of carbonyl (C=O) groups excluding carboxylic acids is 2. The van der Waals surface area contributed by atoms with E-state index in [0.29, 0.717) is 23.5 Å². The molecule has 35 heavy (non-hydrogen) atoms. The summed E-state index contributed by atoms with van der Waals surface area (Å²) in [7, 11) is 0. The molecule has 3 saturated carbocycles. The Bertz CT molecular complexity index is 973. The van der Waals surface area contributed by atoms with Crippen LogP contribution in [0.5, 0.6) is 0 Å². The van der Waals surface area contributed by atoms with Gasteiger partial charge in [0.05, 0.1) is 0 Å². The van der Waals surface area contributed by atoms with Gasteiger partial charge in [-0.1, -0.05) is 61.0 Å². The molecule has 0 saturated heterocycles. The molecule has 5 rings (SSSR count). The zero-order valence-corrected chi connectivity index (χ0v) is 24.0. The molecule has 0 spiro atoms. The highest BCUT2D eigenvalue weighted by atomic mass is 16.5. The molecule has 0 unspecified atom stereocenters. The zero-order valence-electron chi connectivity index (χ0n) is 24.0. The highest BCUT2D eigenvalue weighted by Crippen LogP contribution is 2.75. The van der Waals surface area contributed by atoms with Crippen LogP contribution in [-0.2, 0) is 14.3 Å². The topological polar surface area (TPSA) is 43.4 Å². The van der Waals surface area contributed by atoms with Crippen LogP contribution < -0.4 is 0 Å². The number of hydrogen-bond donors (Lipinski definition) is 0. The maximum Gasteiger partial charge on any atom is 0.302 e. The normalized spacial score (nSPS) is 48.7. The lowest BCUT2D eigenvalue weighted by Gasteiger charge is -2.67. The van der Waals surface area contributed by atoms with E-state index in [-0.39, 0.29) is 39.7 Å². The smallest absolute Gasteiger partial charge is 0.302 e. The van der Waals surface area contributed by atoms with Crippen LogP contribution in [0.4, 0.5) is 0 Å². The summed E-state index contributed by atoms with van der Waals surface area (Å²) in [5.74, 6) is 2.71. The largest absolute Gasteiger partial charge is 0.462 e. The van der Waals surface area contributed by atoms with Crippen LogP contribution in [0.1, 0.15) is 120 Å². The molecular weight excluding hydrogens is 432 g/mol. The molecule has 0 aromatic carbocycles. The summed E-state index contributed by atoms with van der Waals surface area (Å²) in [6.45, 7) is 21.0. The third-order valence-electron chi connectivity index (χ3n) is 13.2. The van der Waals surface area contributed by atoms with E-state index in [1.54, 1.807) is 0 Å². The Morgan fingerprint density at radius 2 is 1.60 bits per heavy atom. The molecule has 0 bridgehead atoms. The van der Waals surface area contributed by atoms with E-state index < -0.39 is 0 Å². The fourth-order valence-electron chi connectivity index (χ4n) is 11.3. The summed E-state index contributed by atoms with van der Waals surface area (Å²) in [6.07, 6.45) is 9.84. The fourth-order valence-corrected chi connectivity index (χ4v) is 11.3. The van der Waals surface area contributed by atoms with Gasteiger partial charge in [-0.2, -0.15) is 0 Å². The summed E-state index contributed by atoms with van der Waals surface area (Å²) in [4.78, 5) is 26.1. The van der Waals surface area contributed by atoms with E-state index in [9.17, 15) is 9.59 Å². The third-order valence-corrected chi connectivity index (χ3v) is 13.2. The lowest BCUT2D eigenvalue weighted by molar-refractivity contribution is -0.169. The highest BCUT2D eigenvalue weighted by Gasteiger charge is 2.68. The Hall–Kier alpha value is -1.12. The van der Waals surface area contributed by atoms with Crippen LogP contribution >= 0.6 is 0 Å². The Kier molecular flexibility index (Phi) is 5.62. The van der Waals surface area contributed by atoms with Crippen molar-refractivity contribution < 1.29 is 14.3 Å². The monoisotopic (exact) mass is 482 g/mol. The van der Waals surface area contributed by atoms with Crippen LogP contribution in [0.2, 0.25) is 0 Å². The van der Waals surface area contributed by atoms with E-state index in [0.717, 1.165) is 37.5 Å². The van der Waals surface area contributed by atoms with Crippen molar-refractivity contribution in [3.05, 3.63) is 11.1 Å². The van der Waals surface area contributed by atoms with Gasteiger partial charge in [0.25, 0.3) is 0 Å². The highest BCUT2D eigenvalue weighted by molar-refractivity contribution is 5.99. The first-order valence-corrected chi connectivity index (χ1v) is 14.6. The van der Waals surface area contributed by atoms with Crippen molar-refractivity contribution in [1.29, 1.82) is 0 Å².